The highest BCUT2D eigenvalue weighted by atomic mass is 16.4. The second-order valence-electron chi connectivity index (χ2n) is 2.91. The zero-order chi connectivity index (χ0) is 9.40. The second-order valence-corrected chi connectivity index (χ2v) is 2.91. The summed E-state index contributed by atoms with van der Waals surface area (Å²) in [6, 6.07) is 0. The van der Waals surface area contributed by atoms with E-state index < -0.39 is 0 Å². The maximum Gasteiger partial charge on any atom is 0.177 e. The van der Waals surface area contributed by atoms with Crippen LogP contribution in [0.4, 0.5) is 0 Å². The van der Waals surface area contributed by atoms with E-state index in [9.17, 15) is 4.79 Å². The van der Waals surface area contributed by atoms with Crippen molar-refractivity contribution in [3.05, 3.63) is 0 Å². The second kappa shape index (κ2) is 6.83. The van der Waals surface area contributed by atoms with Crippen molar-refractivity contribution < 1.29 is 10.0 Å². The van der Waals surface area contributed by atoms with Crippen molar-refractivity contribution >= 4 is 11.5 Å². The number of hydrogen-bond acceptors (Lipinski definition) is 3. The predicted octanol–water partition coefficient (Wildman–Crippen LogP) is 2.38. The maximum absolute atomic E-state index is 10.7. The molecule has 0 rings (SSSR count). The van der Waals surface area contributed by atoms with Gasteiger partial charge in [-0.1, -0.05) is 31.3 Å². The van der Waals surface area contributed by atoms with Gasteiger partial charge in [0, 0.05) is 6.92 Å². The summed E-state index contributed by atoms with van der Waals surface area (Å²) in [4.78, 5) is 10.7. The molecule has 1 N–H and O–H groups in total. The Hall–Kier alpha value is -0.860. The lowest BCUT2D eigenvalue weighted by Crippen LogP contribution is -2.09. The first-order chi connectivity index (χ1) is 5.72. The van der Waals surface area contributed by atoms with Gasteiger partial charge in [0.2, 0.25) is 0 Å². The Morgan fingerprint density at radius 1 is 1.33 bits per heavy atom. The van der Waals surface area contributed by atoms with Crippen molar-refractivity contribution in [2.24, 2.45) is 5.16 Å². The molecule has 0 saturated heterocycles. The van der Waals surface area contributed by atoms with Crippen molar-refractivity contribution in [2.75, 3.05) is 0 Å². The molecular weight excluding hydrogens is 154 g/mol. The van der Waals surface area contributed by atoms with Crippen molar-refractivity contribution in [3.63, 3.8) is 0 Å². The first-order valence-corrected chi connectivity index (χ1v) is 4.44. The minimum atomic E-state index is -0.131. The van der Waals surface area contributed by atoms with Crippen LogP contribution in [-0.2, 0) is 4.79 Å². The van der Waals surface area contributed by atoms with Gasteiger partial charge in [-0.25, -0.2) is 0 Å². The largest absolute Gasteiger partial charge is 0.411 e. The fraction of sp³-hybridized carbons (Fsp3) is 0.778. The molecule has 0 amide bonds. The minimum absolute atomic E-state index is 0.131. The van der Waals surface area contributed by atoms with E-state index in [2.05, 4.69) is 12.1 Å². The molecular formula is C9H17NO2. The molecule has 0 aromatic carbocycles. The van der Waals surface area contributed by atoms with Gasteiger partial charge in [-0.2, -0.15) is 0 Å². The Kier molecular flexibility index (Phi) is 6.34. The van der Waals surface area contributed by atoms with Crippen molar-refractivity contribution in [1.29, 1.82) is 0 Å². The molecule has 0 saturated carbocycles. The predicted molar refractivity (Wildman–Crippen MR) is 48.7 cm³/mol. The van der Waals surface area contributed by atoms with Crippen LogP contribution in [0.1, 0.15) is 46.0 Å². The summed E-state index contributed by atoms with van der Waals surface area (Å²) in [6.07, 6.45) is 4.99. The zero-order valence-electron chi connectivity index (χ0n) is 7.84. The Morgan fingerprint density at radius 2 is 2.00 bits per heavy atom. The zero-order valence-corrected chi connectivity index (χ0v) is 7.84. The Labute approximate surface area is 73.5 Å². The highest BCUT2D eigenvalue weighted by molar-refractivity contribution is 6.38. The lowest BCUT2D eigenvalue weighted by atomic mass is 10.1. The van der Waals surface area contributed by atoms with Gasteiger partial charge in [-0.05, 0) is 12.8 Å². The molecule has 0 fully saturated rings. The molecule has 0 aliphatic rings. The van der Waals surface area contributed by atoms with E-state index in [-0.39, 0.29) is 5.78 Å². The van der Waals surface area contributed by atoms with Gasteiger partial charge >= 0.3 is 0 Å². The van der Waals surface area contributed by atoms with Gasteiger partial charge in [0.1, 0.15) is 5.71 Å². The fourth-order valence-corrected chi connectivity index (χ4v) is 1.02. The standard InChI is InChI=1S/C9H17NO2/c1-3-4-5-6-7-9(10-12)8(2)11/h12H,3-7H2,1-2H3. The quantitative estimate of drug-likeness (QED) is 0.288. The molecule has 0 aromatic heterocycles. The van der Waals surface area contributed by atoms with E-state index in [0.29, 0.717) is 12.1 Å². The fourth-order valence-electron chi connectivity index (χ4n) is 1.02. The molecule has 70 valence electrons. The number of Topliss-reactive ketones (excluding diaryl/α,β-unsaturated/α-hetero) is 1. The molecule has 0 atom stereocenters. The number of carbonyl (C=O) groups excluding carboxylic acids is 1. The Balaban J connectivity index is 3.54. The Morgan fingerprint density at radius 3 is 2.42 bits per heavy atom. The lowest BCUT2D eigenvalue weighted by molar-refractivity contribution is -0.111. The van der Waals surface area contributed by atoms with Crippen LogP contribution in [0.2, 0.25) is 0 Å². The SMILES string of the molecule is CCCCCCC(=NO)C(C)=O. The van der Waals surface area contributed by atoms with E-state index in [1.165, 1.54) is 19.8 Å². The molecule has 12 heavy (non-hydrogen) atoms. The van der Waals surface area contributed by atoms with E-state index in [0.717, 1.165) is 12.8 Å². The molecule has 0 radical (unpaired) electrons. The van der Waals surface area contributed by atoms with E-state index in [4.69, 9.17) is 5.21 Å². The molecule has 0 bridgehead atoms. The van der Waals surface area contributed by atoms with Gasteiger partial charge in [0.05, 0.1) is 0 Å². The van der Waals surface area contributed by atoms with Crippen molar-refractivity contribution in [1.82, 2.24) is 0 Å². The highest BCUT2D eigenvalue weighted by Crippen LogP contribution is 2.03. The summed E-state index contributed by atoms with van der Waals surface area (Å²) in [5.74, 6) is -0.131. The van der Waals surface area contributed by atoms with Crippen LogP contribution in [0.15, 0.2) is 5.16 Å². The van der Waals surface area contributed by atoms with E-state index >= 15 is 0 Å². The summed E-state index contributed by atoms with van der Waals surface area (Å²) in [5, 5.41) is 11.4. The maximum atomic E-state index is 10.7. The van der Waals surface area contributed by atoms with Crippen LogP contribution in [-0.4, -0.2) is 16.7 Å². The average molecular weight is 171 g/mol. The minimum Gasteiger partial charge on any atom is -0.411 e. The third kappa shape index (κ3) is 4.88. The van der Waals surface area contributed by atoms with Gasteiger partial charge in [0.25, 0.3) is 0 Å². The number of hydrogen-bond donors (Lipinski definition) is 1. The number of rotatable bonds is 6. The smallest absolute Gasteiger partial charge is 0.177 e. The molecule has 0 unspecified atom stereocenters. The first-order valence-electron chi connectivity index (χ1n) is 4.44. The summed E-state index contributed by atoms with van der Waals surface area (Å²) in [7, 11) is 0. The number of ketones is 1. The normalized spacial score (nSPS) is 11.7. The van der Waals surface area contributed by atoms with Crippen LogP contribution in [0, 0.1) is 0 Å². The van der Waals surface area contributed by atoms with Crippen molar-refractivity contribution in [2.45, 2.75) is 46.0 Å². The van der Waals surface area contributed by atoms with Crippen LogP contribution in [0.3, 0.4) is 0 Å². The van der Waals surface area contributed by atoms with Crippen LogP contribution >= 0.6 is 0 Å². The van der Waals surface area contributed by atoms with Gasteiger partial charge in [-0.3, -0.25) is 4.79 Å². The first kappa shape index (κ1) is 11.1. The van der Waals surface area contributed by atoms with Crippen molar-refractivity contribution in [3.8, 4) is 0 Å². The van der Waals surface area contributed by atoms with E-state index in [1.54, 1.807) is 0 Å². The van der Waals surface area contributed by atoms with Crippen LogP contribution in [0.5, 0.6) is 0 Å². The number of unbranched alkanes of at least 4 members (excludes halogenated alkanes) is 3. The van der Waals surface area contributed by atoms with Gasteiger partial charge < -0.3 is 5.21 Å². The molecule has 0 aromatic rings. The number of oxime groups is 1. The molecule has 0 heterocycles. The molecule has 3 heteroatoms. The third-order valence-corrected chi connectivity index (χ3v) is 1.79. The monoisotopic (exact) mass is 171 g/mol. The van der Waals surface area contributed by atoms with E-state index in [1.807, 2.05) is 0 Å². The van der Waals surface area contributed by atoms with Crippen LogP contribution < -0.4 is 0 Å². The summed E-state index contributed by atoms with van der Waals surface area (Å²) >= 11 is 0. The van der Waals surface area contributed by atoms with Gasteiger partial charge in [-0.15, -0.1) is 0 Å². The molecule has 0 aliphatic carbocycles. The molecule has 0 spiro atoms. The lowest BCUT2D eigenvalue weighted by Gasteiger charge is -1.98. The highest BCUT2D eigenvalue weighted by Gasteiger charge is 2.04. The summed E-state index contributed by atoms with van der Waals surface area (Å²) < 4.78 is 0. The number of nitrogens with zero attached hydrogens (tertiary/aromatic N) is 1. The van der Waals surface area contributed by atoms with Gasteiger partial charge in [0.15, 0.2) is 5.78 Å². The van der Waals surface area contributed by atoms with Crippen LogP contribution in [0.25, 0.3) is 0 Å². The summed E-state index contributed by atoms with van der Waals surface area (Å²) in [5.41, 5.74) is 0.297. The third-order valence-electron chi connectivity index (χ3n) is 1.79. The summed E-state index contributed by atoms with van der Waals surface area (Å²) in [6.45, 7) is 3.56. The topological polar surface area (TPSA) is 49.7 Å². The number of carbonyl (C=O) groups is 1. The Bertz CT molecular complexity index is 164. The molecule has 0 aliphatic heterocycles. The molecule has 3 nitrogen and oxygen atoms in total. The average Bonchev–Trinajstić information content (AvgIpc) is 2.04.